The minimum Gasteiger partial charge on any atom is -0.381 e. The molecule has 1 heterocycles. The Morgan fingerprint density at radius 3 is 2.95 bits per heavy atom. The second-order valence-corrected chi connectivity index (χ2v) is 6.47. The third-order valence-corrected chi connectivity index (χ3v) is 4.74. The molecular formula is C16H21F2NO2S. The van der Waals surface area contributed by atoms with Crippen LogP contribution in [0.1, 0.15) is 19.8 Å². The Bertz CT molecular complexity index is 507. The fourth-order valence-electron chi connectivity index (χ4n) is 2.44. The molecule has 0 saturated carbocycles. The fraction of sp³-hybridized carbons (Fsp3) is 0.562. The molecule has 3 nitrogen and oxygen atoms in total. The van der Waals surface area contributed by atoms with E-state index in [-0.39, 0.29) is 10.8 Å². The number of ether oxygens (including phenoxy) is 1. The van der Waals surface area contributed by atoms with Crippen molar-refractivity contribution in [2.75, 3.05) is 32.1 Å². The van der Waals surface area contributed by atoms with E-state index < -0.39 is 11.6 Å². The lowest BCUT2D eigenvalue weighted by Gasteiger charge is -2.23. The number of nitrogens with zero attached hydrogens (tertiary/aromatic N) is 1. The number of halogens is 2. The van der Waals surface area contributed by atoms with Crippen molar-refractivity contribution < 1.29 is 18.3 Å². The Hall–Kier alpha value is -1.14. The number of amides is 1. The number of carbonyl (C=O) groups is 1. The van der Waals surface area contributed by atoms with Gasteiger partial charge in [-0.3, -0.25) is 4.79 Å². The number of hydrogen-bond donors (Lipinski definition) is 0. The molecule has 0 aromatic heterocycles. The topological polar surface area (TPSA) is 29.5 Å². The van der Waals surface area contributed by atoms with Crippen LogP contribution in [0.2, 0.25) is 0 Å². The first-order chi connectivity index (χ1) is 10.6. The molecule has 1 aliphatic heterocycles. The van der Waals surface area contributed by atoms with Gasteiger partial charge in [0, 0.05) is 42.7 Å². The minimum atomic E-state index is -0.466. The average Bonchev–Trinajstić information content (AvgIpc) is 3.01. The Morgan fingerprint density at radius 2 is 2.27 bits per heavy atom. The van der Waals surface area contributed by atoms with E-state index in [0.29, 0.717) is 37.8 Å². The summed E-state index contributed by atoms with van der Waals surface area (Å²) in [6.07, 6.45) is 1.31. The van der Waals surface area contributed by atoms with Crippen molar-refractivity contribution in [2.45, 2.75) is 24.7 Å². The van der Waals surface area contributed by atoms with Gasteiger partial charge in [-0.05, 0) is 31.5 Å². The summed E-state index contributed by atoms with van der Waals surface area (Å²) in [4.78, 5) is 14.3. The molecule has 1 amide bonds. The second-order valence-electron chi connectivity index (χ2n) is 5.34. The van der Waals surface area contributed by atoms with Gasteiger partial charge in [-0.1, -0.05) is 0 Å². The lowest BCUT2D eigenvalue weighted by Crippen LogP contribution is -2.35. The zero-order valence-corrected chi connectivity index (χ0v) is 13.5. The van der Waals surface area contributed by atoms with Gasteiger partial charge >= 0.3 is 0 Å². The maximum atomic E-state index is 13.5. The molecule has 122 valence electrons. The lowest BCUT2D eigenvalue weighted by molar-refractivity contribution is -0.131. The van der Waals surface area contributed by atoms with Crippen LogP contribution in [0, 0.1) is 17.6 Å². The number of hydrogen-bond acceptors (Lipinski definition) is 3. The van der Waals surface area contributed by atoms with Crippen molar-refractivity contribution >= 4 is 17.7 Å². The molecule has 1 unspecified atom stereocenters. The minimum absolute atomic E-state index is 0.0544. The van der Waals surface area contributed by atoms with Gasteiger partial charge in [-0.25, -0.2) is 8.78 Å². The van der Waals surface area contributed by atoms with Crippen LogP contribution >= 0.6 is 11.8 Å². The van der Waals surface area contributed by atoms with Crippen LogP contribution in [0.4, 0.5) is 8.78 Å². The molecule has 1 aromatic rings. The van der Waals surface area contributed by atoms with Crippen LogP contribution in [0.25, 0.3) is 0 Å². The molecule has 1 atom stereocenters. The Morgan fingerprint density at radius 1 is 1.45 bits per heavy atom. The molecule has 0 aliphatic carbocycles. The monoisotopic (exact) mass is 329 g/mol. The molecule has 1 aromatic carbocycles. The van der Waals surface area contributed by atoms with Gasteiger partial charge in [-0.15, -0.1) is 11.8 Å². The summed E-state index contributed by atoms with van der Waals surface area (Å²) in [6, 6.07) is 3.36. The van der Waals surface area contributed by atoms with Gasteiger partial charge < -0.3 is 9.64 Å². The maximum absolute atomic E-state index is 13.5. The van der Waals surface area contributed by atoms with E-state index in [9.17, 15) is 13.6 Å². The molecule has 0 bridgehead atoms. The summed E-state index contributed by atoms with van der Waals surface area (Å²) in [5, 5.41) is 0. The SMILES string of the molecule is CCN(CC1CCOC1)C(=O)CCSc1cc(F)ccc1F. The zero-order chi connectivity index (χ0) is 15.9. The molecule has 1 aliphatic rings. The van der Waals surface area contributed by atoms with Crippen LogP contribution in [0.5, 0.6) is 0 Å². The van der Waals surface area contributed by atoms with Crippen molar-refractivity contribution in [3.8, 4) is 0 Å². The van der Waals surface area contributed by atoms with Crippen molar-refractivity contribution in [3.63, 3.8) is 0 Å². The third kappa shape index (κ3) is 4.95. The van der Waals surface area contributed by atoms with E-state index in [0.717, 1.165) is 31.2 Å². The van der Waals surface area contributed by atoms with Crippen LogP contribution in [-0.4, -0.2) is 42.9 Å². The number of rotatable bonds is 7. The molecule has 1 fully saturated rings. The first-order valence-corrected chi connectivity index (χ1v) is 8.52. The standard InChI is InChI=1S/C16H21F2NO2S/c1-2-19(10-12-5-7-21-11-12)16(20)6-8-22-15-9-13(17)3-4-14(15)18/h3-4,9,12H,2,5-8,10-11H2,1H3. The summed E-state index contributed by atoms with van der Waals surface area (Å²) >= 11 is 1.17. The highest BCUT2D eigenvalue weighted by Gasteiger charge is 2.21. The number of carbonyl (C=O) groups excluding carboxylic acids is 1. The van der Waals surface area contributed by atoms with Gasteiger partial charge in [0.1, 0.15) is 11.6 Å². The first kappa shape index (κ1) is 17.2. The number of benzene rings is 1. The lowest BCUT2D eigenvalue weighted by atomic mass is 10.1. The van der Waals surface area contributed by atoms with Crippen molar-refractivity contribution in [2.24, 2.45) is 5.92 Å². The molecule has 0 radical (unpaired) electrons. The van der Waals surface area contributed by atoms with Gasteiger partial charge in [0.25, 0.3) is 0 Å². The Labute approximate surface area is 134 Å². The first-order valence-electron chi connectivity index (χ1n) is 7.53. The van der Waals surface area contributed by atoms with Crippen LogP contribution in [0.3, 0.4) is 0 Å². The highest BCUT2D eigenvalue weighted by atomic mass is 32.2. The molecule has 1 saturated heterocycles. The van der Waals surface area contributed by atoms with Gasteiger partial charge in [0.05, 0.1) is 6.61 Å². The largest absolute Gasteiger partial charge is 0.381 e. The normalized spacial score (nSPS) is 17.7. The van der Waals surface area contributed by atoms with E-state index in [1.807, 2.05) is 11.8 Å². The Kier molecular flexibility index (Phi) is 6.64. The van der Waals surface area contributed by atoms with Gasteiger partial charge in [-0.2, -0.15) is 0 Å². The Balaban J connectivity index is 1.79. The smallest absolute Gasteiger partial charge is 0.223 e. The fourth-order valence-corrected chi connectivity index (χ4v) is 3.34. The summed E-state index contributed by atoms with van der Waals surface area (Å²) < 4.78 is 31.9. The predicted octanol–water partition coefficient (Wildman–Crippen LogP) is 3.33. The van der Waals surface area contributed by atoms with Crippen LogP contribution < -0.4 is 0 Å². The van der Waals surface area contributed by atoms with Crippen molar-refractivity contribution in [1.82, 2.24) is 4.90 Å². The number of thioether (sulfide) groups is 1. The van der Waals surface area contributed by atoms with E-state index >= 15 is 0 Å². The highest BCUT2D eigenvalue weighted by molar-refractivity contribution is 7.99. The van der Waals surface area contributed by atoms with Crippen molar-refractivity contribution in [3.05, 3.63) is 29.8 Å². The van der Waals surface area contributed by atoms with E-state index in [4.69, 9.17) is 4.74 Å². The molecular weight excluding hydrogens is 308 g/mol. The average molecular weight is 329 g/mol. The van der Waals surface area contributed by atoms with Gasteiger partial charge in [0.15, 0.2) is 0 Å². The zero-order valence-electron chi connectivity index (χ0n) is 12.7. The third-order valence-electron chi connectivity index (χ3n) is 3.70. The summed E-state index contributed by atoms with van der Waals surface area (Å²) in [5.74, 6) is -0.00600. The van der Waals surface area contributed by atoms with Crippen molar-refractivity contribution in [1.29, 1.82) is 0 Å². The van der Waals surface area contributed by atoms with Gasteiger partial charge in [0.2, 0.25) is 5.91 Å². The quantitative estimate of drug-likeness (QED) is 0.719. The second kappa shape index (κ2) is 8.48. The molecule has 6 heteroatoms. The summed E-state index contributed by atoms with van der Waals surface area (Å²) in [6.45, 7) is 4.81. The maximum Gasteiger partial charge on any atom is 0.223 e. The van der Waals surface area contributed by atoms with E-state index in [1.54, 1.807) is 0 Å². The highest BCUT2D eigenvalue weighted by Crippen LogP contribution is 2.23. The van der Waals surface area contributed by atoms with E-state index in [2.05, 4.69) is 0 Å². The molecule has 22 heavy (non-hydrogen) atoms. The van der Waals surface area contributed by atoms with Crippen LogP contribution in [0.15, 0.2) is 23.1 Å². The predicted molar refractivity (Wildman–Crippen MR) is 82.9 cm³/mol. The van der Waals surface area contributed by atoms with E-state index in [1.165, 1.54) is 11.8 Å². The summed E-state index contributed by atoms with van der Waals surface area (Å²) in [5.41, 5.74) is 0. The molecule has 0 N–H and O–H groups in total. The molecule has 0 spiro atoms. The molecule has 2 rings (SSSR count). The van der Waals surface area contributed by atoms with Crippen LogP contribution in [-0.2, 0) is 9.53 Å². The summed E-state index contributed by atoms with van der Waals surface area (Å²) in [7, 11) is 0.